The second-order valence-corrected chi connectivity index (χ2v) is 7.53. The van der Waals surface area contributed by atoms with Crippen molar-refractivity contribution in [3.8, 4) is 0 Å². The Morgan fingerprint density at radius 3 is 1.54 bits per heavy atom. The van der Waals surface area contributed by atoms with Crippen molar-refractivity contribution in [3.63, 3.8) is 0 Å². The fraction of sp³-hybridized carbons (Fsp3) is 0.240. The molecule has 0 radical (unpaired) electrons. The lowest BCUT2D eigenvalue weighted by molar-refractivity contribution is 0.307. The minimum absolute atomic E-state index is 0.0421. The minimum atomic E-state index is -0.424. The smallest absolute Gasteiger partial charge is 0.160 e. The van der Waals surface area contributed by atoms with E-state index in [9.17, 15) is 0 Å². The van der Waals surface area contributed by atoms with Gasteiger partial charge in [-0.15, -0.1) is 11.6 Å². The van der Waals surface area contributed by atoms with Gasteiger partial charge in [0.2, 0.25) is 0 Å². The predicted molar refractivity (Wildman–Crippen MR) is 122 cm³/mol. The van der Waals surface area contributed by atoms with Crippen molar-refractivity contribution in [2.45, 2.75) is 18.8 Å². The van der Waals surface area contributed by atoms with Gasteiger partial charge in [0.15, 0.2) is 5.05 Å². The number of rotatable bonds is 8. The van der Waals surface area contributed by atoms with Crippen molar-refractivity contribution in [1.29, 1.82) is 0 Å². The maximum Gasteiger partial charge on any atom is 0.160 e. The van der Waals surface area contributed by atoms with Crippen LogP contribution in [0.4, 0.5) is 0 Å². The molecule has 3 aromatic carbocycles. The number of hydrogen-bond acceptors (Lipinski definition) is 2. The van der Waals surface area contributed by atoms with Crippen LogP contribution in [0.15, 0.2) is 91.0 Å². The molecule has 0 aliphatic rings. The van der Waals surface area contributed by atoms with Crippen LogP contribution in [0.25, 0.3) is 0 Å². The van der Waals surface area contributed by atoms with E-state index in [-0.39, 0.29) is 5.92 Å². The molecule has 0 heterocycles. The summed E-state index contributed by atoms with van der Waals surface area (Å²) in [7, 11) is 0. The molecule has 0 aliphatic carbocycles. The average Bonchev–Trinajstić information content (AvgIpc) is 2.76. The Morgan fingerprint density at radius 2 is 1.21 bits per heavy atom. The van der Waals surface area contributed by atoms with E-state index in [1.165, 1.54) is 16.7 Å². The Morgan fingerprint density at radius 1 is 0.821 bits per heavy atom. The number of benzene rings is 3. The second-order valence-electron chi connectivity index (χ2n) is 6.77. The van der Waals surface area contributed by atoms with E-state index in [0.29, 0.717) is 24.0 Å². The van der Waals surface area contributed by atoms with Gasteiger partial charge in [-0.2, -0.15) is 0 Å². The maximum absolute atomic E-state index is 6.63. The van der Waals surface area contributed by atoms with Crippen molar-refractivity contribution in [1.82, 2.24) is 0 Å². The maximum atomic E-state index is 6.63. The monoisotopic (exact) mass is 408 g/mol. The SMILES string of the molecule is CCOC(=S)CC(CCl)C(c1ccccc1)(c1ccccc1)c1ccccc1. The summed E-state index contributed by atoms with van der Waals surface area (Å²) in [6.07, 6.45) is 0.616. The molecule has 0 saturated carbocycles. The van der Waals surface area contributed by atoms with Crippen LogP contribution in [0, 0.1) is 5.92 Å². The Labute approximate surface area is 178 Å². The molecule has 0 aliphatic heterocycles. The molecule has 1 unspecified atom stereocenters. The van der Waals surface area contributed by atoms with Crippen molar-refractivity contribution < 1.29 is 4.74 Å². The van der Waals surface area contributed by atoms with E-state index < -0.39 is 5.41 Å². The van der Waals surface area contributed by atoms with Crippen molar-refractivity contribution in [2.75, 3.05) is 12.5 Å². The first-order valence-corrected chi connectivity index (χ1v) is 10.6. The van der Waals surface area contributed by atoms with E-state index in [2.05, 4.69) is 72.8 Å². The van der Waals surface area contributed by atoms with Crippen molar-refractivity contribution >= 4 is 28.9 Å². The summed E-state index contributed by atoms with van der Waals surface area (Å²) in [4.78, 5) is 0. The molecule has 0 saturated heterocycles. The number of hydrogen-bond donors (Lipinski definition) is 0. The molecule has 144 valence electrons. The van der Waals surface area contributed by atoms with E-state index in [0.717, 1.165) is 0 Å². The lowest BCUT2D eigenvalue weighted by atomic mass is 9.61. The van der Waals surface area contributed by atoms with Crippen molar-refractivity contribution in [3.05, 3.63) is 108 Å². The highest BCUT2D eigenvalue weighted by atomic mass is 35.5. The first-order valence-electron chi connectivity index (χ1n) is 9.61. The third-order valence-electron chi connectivity index (χ3n) is 5.20. The Kier molecular flexibility index (Phi) is 7.24. The lowest BCUT2D eigenvalue weighted by Gasteiger charge is -2.42. The summed E-state index contributed by atoms with van der Waals surface area (Å²) in [6, 6.07) is 31.8. The van der Waals surface area contributed by atoms with Crippen LogP contribution in [0.5, 0.6) is 0 Å². The molecule has 0 amide bonds. The predicted octanol–water partition coefficient (Wildman–Crippen LogP) is 6.63. The molecule has 0 N–H and O–H groups in total. The number of halogens is 1. The first kappa shape index (κ1) is 20.6. The largest absolute Gasteiger partial charge is 0.487 e. The standard InChI is InChI=1S/C25H25ClOS/c1-2-27-24(28)18-23(19-26)25(20-12-6-3-7-13-20,21-14-8-4-9-15-21)22-16-10-5-11-17-22/h3-17,23H,2,18-19H2,1H3. The average molecular weight is 409 g/mol. The summed E-state index contributed by atoms with van der Waals surface area (Å²) in [5, 5.41) is 0.611. The zero-order chi connectivity index (χ0) is 19.8. The van der Waals surface area contributed by atoms with E-state index in [1.54, 1.807) is 0 Å². The summed E-state index contributed by atoms with van der Waals surface area (Å²) in [6.45, 7) is 2.53. The first-order chi connectivity index (χ1) is 13.7. The Hall–Kier alpha value is -2.16. The number of thiocarbonyl (C=S) groups is 1. The highest BCUT2D eigenvalue weighted by Gasteiger charge is 2.43. The highest BCUT2D eigenvalue weighted by molar-refractivity contribution is 7.80. The van der Waals surface area contributed by atoms with Crippen LogP contribution in [-0.2, 0) is 10.2 Å². The molecule has 0 aromatic heterocycles. The quantitative estimate of drug-likeness (QED) is 0.235. The van der Waals surface area contributed by atoms with Gasteiger partial charge in [-0.3, -0.25) is 0 Å². The van der Waals surface area contributed by atoms with Gasteiger partial charge in [0, 0.05) is 17.7 Å². The second kappa shape index (κ2) is 9.86. The lowest BCUT2D eigenvalue weighted by Crippen LogP contribution is -2.40. The van der Waals surface area contributed by atoms with Gasteiger partial charge in [-0.1, -0.05) is 91.0 Å². The molecule has 3 aromatic rings. The Balaban J connectivity index is 2.28. The van der Waals surface area contributed by atoms with E-state index in [4.69, 9.17) is 28.6 Å². The third kappa shape index (κ3) is 4.14. The number of alkyl halides is 1. The van der Waals surface area contributed by atoms with Gasteiger partial charge in [-0.25, -0.2) is 0 Å². The number of ether oxygens (including phenoxy) is 1. The third-order valence-corrected chi connectivity index (χ3v) is 5.86. The minimum Gasteiger partial charge on any atom is -0.487 e. The zero-order valence-electron chi connectivity index (χ0n) is 16.1. The molecular weight excluding hydrogens is 384 g/mol. The van der Waals surface area contributed by atoms with Gasteiger partial charge in [0.1, 0.15) is 0 Å². The normalized spacial score (nSPS) is 12.4. The van der Waals surface area contributed by atoms with Gasteiger partial charge in [0.25, 0.3) is 0 Å². The zero-order valence-corrected chi connectivity index (χ0v) is 17.6. The molecule has 3 rings (SSSR count). The fourth-order valence-electron chi connectivity index (χ4n) is 4.05. The van der Waals surface area contributed by atoms with Gasteiger partial charge in [0.05, 0.1) is 6.61 Å². The fourth-order valence-corrected chi connectivity index (χ4v) is 4.71. The molecule has 28 heavy (non-hydrogen) atoms. The summed E-state index contributed by atoms with van der Waals surface area (Å²) < 4.78 is 5.65. The van der Waals surface area contributed by atoms with Crippen LogP contribution in [-0.4, -0.2) is 17.5 Å². The molecule has 0 spiro atoms. The topological polar surface area (TPSA) is 9.23 Å². The van der Waals surface area contributed by atoms with Crippen molar-refractivity contribution in [2.24, 2.45) is 5.92 Å². The molecule has 0 bridgehead atoms. The van der Waals surface area contributed by atoms with Gasteiger partial charge < -0.3 is 4.74 Å². The highest BCUT2D eigenvalue weighted by Crippen LogP contribution is 2.47. The van der Waals surface area contributed by atoms with E-state index in [1.807, 2.05) is 25.1 Å². The van der Waals surface area contributed by atoms with Crippen LogP contribution >= 0.6 is 23.8 Å². The van der Waals surface area contributed by atoms with Crippen LogP contribution < -0.4 is 0 Å². The molecular formula is C25H25ClOS. The summed E-state index contributed by atoms with van der Waals surface area (Å²) in [5.41, 5.74) is 3.19. The van der Waals surface area contributed by atoms with E-state index >= 15 is 0 Å². The van der Waals surface area contributed by atoms with Crippen LogP contribution in [0.1, 0.15) is 30.0 Å². The van der Waals surface area contributed by atoms with Gasteiger partial charge >= 0.3 is 0 Å². The molecule has 3 heteroatoms. The molecule has 1 atom stereocenters. The molecule has 1 nitrogen and oxygen atoms in total. The Bertz CT molecular complexity index is 768. The van der Waals surface area contributed by atoms with Gasteiger partial charge in [-0.05, 0) is 41.7 Å². The van der Waals surface area contributed by atoms with Crippen LogP contribution in [0.3, 0.4) is 0 Å². The summed E-state index contributed by atoms with van der Waals surface area (Å²) in [5.74, 6) is 0.506. The van der Waals surface area contributed by atoms with Crippen LogP contribution in [0.2, 0.25) is 0 Å². The molecule has 0 fully saturated rings. The summed E-state index contributed by atoms with van der Waals surface area (Å²) >= 11 is 12.2.